The quantitative estimate of drug-likeness (QED) is 0.366. The van der Waals surface area contributed by atoms with Crippen LogP contribution in [-0.4, -0.2) is 28.5 Å². The Hall–Kier alpha value is -4.13. The number of aromatic hydroxyl groups is 1. The fourth-order valence-electron chi connectivity index (χ4n) is 6.62. The number of hydrogen-bond donors (Lipinski definition) is 1. The third kappa shape index (κ3) is 3.37. The van der Waals surface area contributed by atoms with Crippen LogP contribution in [0.2, 0.25) is 0 Å². The predicted octanol–water partition coefficient (Wildman–Crippen LogP) is 4.73. The zero-order chi connectivity index (χ0) is 26.9. The van der Waals surface area contributed by atoms with Crippen molar-refractivity contribution in [2.24, 2.45) is 17.8 Å². The number of ketones is 2. The average Bonchev–Trinajstić information content (AvgIpc) is 3.17. The van der Waals surface area contributed by atoms with Crippen molar-refractivity contribution in [3.8, 4) is 5.75 Å². The van der Waals surface area contributed by atoms with Crippen LogP contribution in [0.4, 0.5) is 10.1 Å². The van der Waals surface area contributed by atoms with E-state index in [1.165, 1.54) is 23.1 Å². The zero-order valence-electron chi connectivity index (χ0n) is 21.0. The summed E-state index contributed by atoms with van der Waals surface area (Å²) in [7, 11) is 0. The number of nitrogens with zero attached hydrogens (tertiary/aromatic N) is 1. The first-order valence-corrected chi connectivity index (χ1v) is 12.9. The number of carbonyl (C=O) groups is 4. The summed E-state index contributed by atoms with van der Waals surface area (Å²) in [6, 6.07) is 11.4. The molecule has 4 atom stereocenters. The molecule has 0 saturated carbocycles. The Bertz CT molecular complexity index is 1530. The molecule has 1 heterocycles. The first-order valence-electron chi connectivity index (χ1n) is 12.9. The highest BCUT2D eigenvalue weighted by Crippen LogP contribution is 2.56. The maximum Gasteiger partial charge on any atom is 0.238 e. The fraction of sp³-hybridized carbons (Fsp3) is 0.290. The van der Waals surface area contributed by atoms with E-state index in [1.807, 2.05) is 25.1 Å². The fourth-order valence-corrected chi connectivity index (χ4v) is 6.62. The summed E-state index contributed by atoms with van der Waals surface area (Å²) in [6.07, 6.45) is 4.38. The van der Waals surface area contributed by atoms with Crippen molar-refractivity contribution in [2.45, 2.75) is 39.0 Å². The number of anilines is 1. The highest BCUT2D eigenvalue weighted by Gasteiger charge is 2.56. The lowest BCUT2D eigenvalue weighted by molar-refractivity contribution is -0.123. The van der Waals surface area contributed by atoms with Crippen molar-refractivity contribution in [3.05, 3.63) is 93.9 Å². The van der Waals surface area contributed by atoms with Crippen molar-refractivity contribution < 1.29 is 28.7 Å². The number of phenolic OH excluding ortho intramolecular Hbond substituents is 1. The third-order valence-corrected chi connectivity index (χ3v) is 8.50. The van der Waals surface area contributed by atoms with Crippen LogP contribution in [0.3, 0.4) is 0 Å². The molecule has 0 aromatic heterocycles. The van der Waals surface area contributed by atoms with E-state index >= 15 is 0 Å². The van der Waals surface area contributed by atoms with Gasteiger partial charge in [-0.1, -0.05) is 42.8 Å². The number of carbonyl (C=O) groups excluding carboxylic acids is 4. The molecule has 3 aliphatic carbocycles. The van der Waals surface area contributed by atoms with Crippen LogP contribution in [0.5, 0.6) is 5.75 Å². The van der Waals surface area contributed by atoms with E-state index in [4.69, 9.17) is 0 Å². The number of para-hydroxylation sites is 1. The number of rotatable bonds is 3. The molecule has 38 heavy (non-hydrogen) atoms. The minimum atomic E-state index is -0.888. The summed E-state index contributed by atoms with van der Waals surface area (Å²) >= 11 is 0. The van der Waals surface area contributed by atoms with Crippen molar-refractivity contribution >= 4 is 29.1 Å². The van der Waals surface area contributed by atoms with Gasteiger partial charge in [-0.3, -0.25) is 24.1 Å². The van der Waals surface area contributed by atoms with Gasteiger partial charge in [0.05, 0.1) is 17.5 Å². The normalized spacial score (nSPS) is 26.7. The molecule has 0 spiro atoms. The van der Waals surface area contributed by atoms with Gasteiger partial charge in [0, 0.05) is 28.2 Å². The van der Waals surface area contributed by atoms with Crippen molar-refractivity contribution in [1.29, 1.82) is 0 Å². The van der Waals surface area contributed by atoms with Crippen LogP contribution in [0.1, 0.15) is 43.7 Å². The molecule has 1 saturated heterocycles. The summed E-state index contributed by atoms with van der Waals surface area (Å²) < 4.78 is 14.5. The lowest BCUT2D eigenvalue weighted by Gasteiger charge is -2.42. The Labute approximate surface area is 219 Å². The number of allylic oxidation sites excluding steroid dienone is 6. The molecule has 2 aromatic rings. The number of hydrogen-bond acceptors (Lipinski definition) is 5. The smallest absolute Gasteiger partial charge is 0.238 e. The maximum absolute atomic E-state index is 14.5. The monoisotopic (exact) mass is 511 g/mol. The molecule has 1 fully saturated rings. The Morgan fingerprint density at radius 3 is 2.45 bits per heavy atom. The van der Waals surface area contributed by atoms with Gasteiger partial charge in [-0.2, -0.15) is 0 Å². The van der Waals surface area contributed by atoms with Gasteiger partial charge in [-0.05, 0) is 61.9 Å². The molecular weight excluding hydrogens is 485 g/mol. The molecule has 2 amide bonds. The largest absolute Gasteiger partial charge is 0.505 e. The van der Waals surface area contributed by atoms with Crippen molar-refractivity contribution in [3.63, 3.8) is 0 Å². The number of aryl methyl sites for hydroxylation is 1. The molecule has 4 aliphatic rings. The van der Waals surface area contributed by atoms with Gasteiger partial charge >= 0.3 is 0 Å². The second kappa shape index (κ2) is 8.72. The Morgan fingerprint density at radius 1 is 1.00 bits per heavy atom. The molecule has 1 N–H and O–H groups in total. The van der Waals surface area contributed by atoms with Gasteiger partial charge in [0.2, 0.25) is 11.8 Å². The van der Waals surface area contributed by atoms with E-state index in [1.54, 1.807) is 19.1 Å². The molecular formula is C31H26FNO5. The van der Waals surface area contributed by atoms with Gasteiger partial charge in [0.15, 0.2) is 23.1 Å². The number of phenols is 1. The minimum absolute atomic E-state index is 0.130. The molecule has 6 rings (SSSR count). The molecule has 7 heteroatoms. The summed E-state index contributed by atoms with van der Waals surface area (Å²) in [5, 5.41) is 10.7. The first kappa shape index (κ1) is 24.2. The summed E-state index contributed by atoms with van der Waals surface area (Å²) in [6.45, 7) is 3.58. The lowest BCUT2D eigenvalue weighted by atomic mass is 9.59. The van der Waals surface area contributed by atoms with Crippen molar-refractivity contribution in [2.75, 3.05) is 4.90 Å². The molecule has 0 bridgehead atoms. The highest BCUT2D eigenvalue weighted by molar-refractivity contribution is 6.25. The van der Waals surface area contributed by atoms with E-state index in [-0.39, 0.29) is 58.5 Å². The number of imide groups is 1. The summed E-state index contributed by atoms with van der Waals surface area (Å²) in [4.78, 5) is 55.2. The molecule has 1 aliphatic heterocycles. The van der Waals surface area contributed by atoms with Crippen LogP contribution >= 0.6 is 0 Å². The van der Waals surface area contributed by atoms with Gasteiger partial charge in [0.1, 0.15) is 0 Å². The van der Waals surface area contributed by atoms with Crippen LogP contribution in [0, 0.1) is 23.6 Å². The van der Waals surface area contributed by atoms with E-state index in [0.29, 0.717) is 11.3 Å². The Balaban J connectivity index is 1.48. The Kier molecular flexibility index (Phi) is 5.56. The molecule has 6 nitrogen and oxygen atoms in total. The van der Waals surface area contributed by atoms with Gasteiger partial charge in [-0.15, -0.1) is 0 Å². The molecule has 0 radical (unpaired) electrons. The number of halogens is 1. The maximum atomic E-state index is 14.5. The second-order valence-corrected chi connectivity index (χ2v) is 10.4. The number of Topliss-reactive ketones (excluding diaryl/α,β-unsaturated/α-hetero) is 1. The second-order valence-electron chi connectivity index (χ2n) is 10.4. The topological polar surface area (TPSA) is 91.8 Å². The van der Waals surface area contributed by atoms with Crippen LogP contribution in [0.25, 0.3) is 0 Å². The molecule has 192 valence electrons. The standard InChI is InChI=1S/C31H26FNO5/c1-3-16-7-9-17(10-8-16)33-30(37)20-12-11-18-21(26(20)31(33)38)14-22-24(34)13-15(2)28(35)27(22)25(18)19-5-4-6-23(32)29(19)36/h4-11,13,20-21,25-26,36H,3,12,14H2,1-2H3. The van der Waals surface area contributed by atoms with E-state index in [9.17, 15) is 28.7 Å². The van der Waals surface area contributed by atoms with Crippen LogP contribution in [0.15, 0.2) is 76.9 Å². The lowest BCUT2D eigenvalue weighted by Crippen LogP contribution is -2.39. The Morgan fingerprint density at radius 2 is 1.74 bits per heavy atom. The zero-order valence-corrected chi connectivity index (χ0v) is 21.0. The SMILES string of the molecule is CCc1ccc(N2C(=O)C3CC=C4C(c5cccc(F)c5O)C5=C(CC4C3C2=O)C(=O)C=C(C)C5=O)cc1. The average molecular weight is 512 g/mol. The van der Waals surface area contributed by atoms with Gasteiger partial charge < -0.3 is 5.11 Å². The van der Waals surface area contributed by atoms with E-state index in [0.717, 1.165) is 18.1 Å². The minimum Gasteiger partial charge on any atom is -0.505 e. The van der Waals surface area contributed by atoms with Crippen LogP contribution in [-0.2, 0) is 25.6 Å². The molecule has 4 unspecified atom stereocenters. The first-order chi connectivity index (χ1) is 18.2. The van der Waals surface area contributed by atoms with E-state index < -0.39 is 35.2 Å². The van der Waals surface area contributed by atoms with Crippen molar-refractivity contribution in [1.82, 2.24) is 0 Å². The summed E-state index contributed by atoms with van der Waals surface area (Å²) in [5.74, 6) is -5.47. The third-order valence-electron chi connectivity index (χ3n) is 8.50. The van der Waals surface area contributed by atoms with Gasteiger partial charge in [-0.25, -0.2) is 4.39 Å². The number of fused-ring (bicyclic) bond motifs is 3. The van der Waals surface area contributed by atoms with Crippen LogP contribution < -0.4 is 4.90 Å². The number of benzene rings is 2. The molecule has 2 aromatic carbocycles. The predicted molar refractivity (Wildman–Crippen MR) is 138 cm³/mol. The van der Waals surface area contributed by atoms with Gasteiger partial charge in [0.25, 0.3) is 0 Å². The van der Waals surface area contributed by atoms with E-state index in [2.05, 4.69) is 0 Å². The number of amides is 2. The summed E-state index contributed by atoms with van der Waals surface area (Å²) in [5.41, 5.74) is 3.20. The highest BCUT2D eigenvalue weighted by atomic mass is 19.1.